The van der Waals surface area contributed by atoms with Crippen molar-refractivity contribution in [3.8, 4) is 11.3 Å². The number of hydrogen-bond donors (Lipinski definition) is 2. The minimum Gasteiger partial charge on any atom is -0.378 e. The molecule has 4 rings (SSSR count). The standard InChI is InChI=1S/C21H24N6O2S/c1-26-13-23-18-12-17(25-20(19(18)21(26)28)24-14-30-11-6-22)15-2-4-16(5-3-15)27-7-9-29-10-8-27/h2-6,12-13,22H,7-11,14H2,1H3,(H,24,25). The average molecular weight is 425 g/mol. The molecule has 1 aliphatic rings. The third-order valence-electron chi connectivity index (χ3n) is 4.99. The Morgan fingerprint density at radius 2 is 2.03 bits per heavy atom. The van der Waals surface area contributed by atoms with Gasteiger partial charge < -0.3 is 24.9 Å². The van der Waals surface area contributed by atoms with E-state index in [4.69, 9.17) is 15.1 Å². The van der Waals surface area contributed by atoms with Crippen LogP contribution in [0, 0.1) is 5.41 Å². The van der Waals surface area contributed by atoms with Crippen LogP contribution in [0.2, 0.25) is 0 Å². The molecule has 0 saturated carbocycles. The Labute approximate surface area is 178 Å². The number of ether oxygens (including phenoxy) is 1. The molecule has 1 saturated heterocycles. The van der Waals surface area contributed by atoms with E-state index in [2.05, 4.69) is 27.3 Å². The van der Waals surface area contributed by atoms with Crippen LogP contribution in [0.1, 0.15) is 0 Å². The van der Waals surface area contributed by atoms with E-state index in [9.17, 15) is 4.79 Å². The number of nitrogens with one attached hydrogen (secondary N) is 2. The lowest BCUT2D eigenvalue weighted by atomic mass is 10.1. The Hall–Kier alpha value is -2.91. The number of morpholine rings is 1. The molecule has 0 bridgehead atoms. The third-order valence-corrected chi connectivity index (χ3v) is 5.74. The van der Waals surface area contributed by atoms with Crippen molar-refractivity contribution in [2.75, 3.05) is 48.1 Å². The molecule has 2 N–H and O–H groups in total. The van der Waals surface area contributed by atoms with Gasteiger partial charge in [-0.2, -0.15) is 0 Å². The maximum absolute atomic E-state index is 12.7. The molecule has 9 heteroatoms. The lowest BCUT2D eigenvalue weighted by molar-refractivity contribution is 0.122. The maximum atomic E-state index is 12.7. The summed E-state index contributed by atoms with van der Waals surface area (Å²) in [5.74, 6) is 1.67. The predicted molar refractivity (Wildman–Crippen MR) is 123 cm³/mol. The summed E-state index contributed by atoms with van der Waals surface area (Å²) in [4.78, 5) is 24.2. The van der Waals surface area contributed by atoms with Crippen molar-refractivity contribution in [2.45, 2.75) is 0 Å². The smallest absolute Gasteiger partial charge is 0.264 e. The number of aryl methyl sites for hydroxylation is 1. The van der Waals surface area contributed by atoms with Gasteiger partial charge in [-0.05, 0) is 18.2 Å². The SMILES string of the molecule is Cn1cnc2cc(-c3ccc(N4CCOCC4)cc3)nc(NCSCC=N)c2c1=O. The topological polar surface area (TPSA) is 96.1 Å². The van der Waals surface area contributed by atoms with E-state index in [-0.39, 0.29) is 5.56 Å². The second-order valence-corrected chi connectivity index (χ2v) is 7.98. The number of fused-ring (bicyclic) bond motifs is 1. The minimum absolute atomic E-state index is 0.138. The van der Waals surface area contributed by atoms with E-state index < -0.39 is 0 Å². The molecule has 30 heavy (non-hydrogen) atoms. The Kier molecular flexibility index (Phi) is 6.29. The number of anilines is 2. The summed E-state index contributed by atoms with van der Waals surface area (Å²) in [6.07, 6.45) is 2.88. The first kappa shape index (κ1) is 20.4. The summed E-state index contributed by atoms with van der Waals surface area (Å²) >= 11 is 1.55. The highest BCUT2D eigenvalue weighted by Crippen LogP contribution is 2.27. The Balaban J connectivity index is 1.69. The predicted octanol–water partition coefficient (Wildman–Crippen LogP) is 2.58. The summed E-state index contributed by atoms with van der Waals surface area (Å²) in [7, 11) is 1.68. The van der Waals surface area contributed by atoms with Crippen LogP contribution in [0.4, 0.5) is 11.5 Å². The molecule has 0 aliphatic carbocycles. The summed E-state index contributed by atoms with van der Waals surface area (Å²) in [6.45, 7) is 3.28. The van der Waals surface area contributed by atoms with Crippen LogP contribution in [-0.4, -0.2) is 58.7 Å². The number of thioether (sulfide) groups is 1. The van der Waals surface area contributed by atoms with Gasteiger partial charge in [-0.15, -0.1) is 11.8 Å². The quantitative estimate of drug-likeness (QED) is 0.342. The maximum Gasteiger partial charge on any atom is 0.264 e. The van der Waals surface area contributed by atoms with Gasteiger partial charge in [0.05, 0.1) is 36.6 Å². The zero-order valence-corrected chi connectivity index (χ0v) is 17.6. The molecule has 3 aromatic rings. The molecule has 1 aromatic carbocycles. The zero-order valence-electron chi connectivity index (χ0n) is 16.8. The Bertz CT molecular complexity index is 1090. The van der Waals surface area contributed by atoms with Crippen molar-refractivity contribution in [3.63, 3.8) is 0 Å². The van der Waals surface area contributed by atoms with Crippen molar-refractivity contribution in [1.82, 2.24) is 14.5 Å². The van der Waals surface area contributed by atoms with Crippen molar-refractivity contribution in [1.29, 1.82) is 5.41 Å². The van der Waals surface area contributed by atoms with E-state index in [1.165, 1.54) is 17.1 Å². The molecule has 3 heterocycles. The average Bonchev–Trinajstić information content (AvgIpc) is 2.79. The second kappa shape index (κ2) is 9.27. The highest BCUT2D eigenvalue weighted by atomic mass is 32.2. The van der Waals surface area contributed by atoms with Gasteiger partial charge in [-0.25, -0.2) is 9.97 Å². The zero-order chi connectivity index (χ0) is 20.9. The fourth-order valence-corrected chi connectivity index (χ4v) is 3.87. The molecule has 2 aromatic heterocycles. The van der Waals surface area contributed by atoms with Crippen LogP contribution < -0.4 is 15.8 Å². The van der Waals surface area contributed by atoms with Gasteiger partial charge in [0, 0.05) is 43.4 Å². The first-order valence-corrected chi connectivity index (χ1v) is 10.9. The van der Waals surface area contributed by atoms with E-state index in [1.54, 1.807) is 18.8 Å². The van der Waals surface area contributed by atoms with E-state index in [0.717, 1.165) is 43.2 Å². The molecule has 0 radical (unpaired) electrons. The number of pyridine rings is 1. The summed E-state index contributed by atoms with van der Waals surface area (Å²) < 4.78 is 6.88. The molecule has 1 aliphatic heterocycles. The van der Waals surface area contributed by atoms with Crippen LogP contribution in [0.15, 0.2) is 41.5 Å². The van der Waals surface area contributed by atoms with E-state index >= 15 is 0 Å². The van der Waals surface area contributed by atoms with Gasteiger partial charge in [0.2, 0.25) is 0 Å². The summed E-state index contributed by atoms with van der Waals surface area (Å²) in [6, 6.07) is 10.1. The van der Waals surface area contributed by atoms with Crippen molar-refractivity contribution in [3.05, 3.63) is 47.0 Å². The van der Waals surface area contributed by atoms with Crippen LogP contribution in [-0.2, 0) is 11.8 Å². The number of hydrogen-bond acceptors (Lipinski definition) is 8. The van der Waals surface area contributed by atoms with Gasteiger partial charge in [0.15, 0.2) is 0 Å². The fraction of sp³-hybridized carbons (Fsp3) is 0.333. The summed E-state index contributed by atoms with van der Waals surface area (Å²) in [5.41, 5.74) is 3.36. The molecule has 1 fully saturated rings. The Morgan fingerprint density at radius 3 is 2.77 bits per heavy atom. The molecule has 0 unspecified atom stereocenters. The largest absolute Gasteiger partial charge is 0.378 e. The lowest BCUT2D eigenvalue weighted by Gasteiger charge is -2.28. The van der Waals surface area contributed by atoms with E-state index in [0.29, 0.717) is 28.4 Å². The molecule has 0 amide bonds. The van der Waals surface area contributed by atoms with Crippen molar-refractivity contribution >= 4 is 40.4 Å². The normalized spacial score (nSPS) is 14.1. The molecular formula is C21H24N6O2S. The fourth-order valence-electron chi connectivity index (χ4n) is 3.40. The molecule has 0 spiro atoms. The molecular weight excluding hydrogens is 400 g/mol. The second-order valence-electron chi connectivity index (χ2n) is 6.95. The molecule has 0 atom stereocenters. The van der Waals surface area contributed by atoms with Gasteiger partial charge in [-0.1, -0.05) is 12.1 Å². The minimum atomic E-state index is -0.138. The van der Waals surface area contributed by atoms with E-state index in [1.807, 2.05) is 18.2 Å². The highest BCUT2D eigenvalue weighted by Gasteiger charge is 2.14. The number of aromatic nitrogens is 3. The van der Waals surface area contributed by atoms with Crippen molar-refractivity contribution < 1.29 is 4.74 Å². The Morgan fingerprint density at radius 1 is 1.27 bits per heavy atom. The van der Waals surface area contributed by atoms with Gasteiger partial charge in [0.1, 0.15) is 11.2 Å². The summed E-state index contributed by atoms with van der Waals surface area (Å²) in [5, 5.41) is 10.9. The first-order valence-electron chi connectivity index (χ1n) is 9.77. The number of benzene rings is 1. The van der Waals surface area contributed by atoms with Gasteiger partial charge in [0.25, 0.3) is 5.56 Å². The lowest BCUT2D eigenvalue weighted by Crippen LogP contribution is -2.36. The van der Waals surface area contributed by atoms with Crippen LogP contribution in [0.25, 0.3) is 22.2 Å². The first-order chi connectivity index (χ1) is 14.7. The third kappa shape index (κ3) is 4.31. The highest BCUT2D eigenvalue weighted by molar-refractivity contribution is 7.99. The molecule has 8 nitrogen and oxygen atoms in total. The van der Waals surface area contributed by atoms with Crippen molar-refractivity contribution in [2.24, 2.45) is 7.05 Å². The van der Waals surface area contributed by atoms with Gasteiger partial charge in [-0.3, -0.25) is 4.79 Å². The monoisotopic (exact) mass is 424 g/mol. The molecule has 156 valence electrons. The number of nitrogens with zero attached hydrogens (tertiary/aromatic N) is 4. The van der Waals surface area contributed by atoms with Crippen LogP contribution >= 0.6 is 11.8 Å². The van der Waals surface area contributed by atoms with Crippen LogP contribution in [0.5, 0.6) is 0 Å². The van der Waals surface area contributed by atoms with Crippen LogP contribution in [0.3, 0.4) is 0 Å². The van der Waals surface area contributed by atoms with Gasteiger partial charge >= 0.3 is 0 Å². The number of rotatable bonds is 7.